The number of allylic oxidation sites excluding steroid dienone is 3. The van der Waals surface area contributed by atoms with Crippen molar-refractivity contribution in [1.82, 2.24) is 5.32 Å². The molecule has 0 bridgehead atoms. The molecule has 1 aliphatic heterocycles. The molecule has 0 aliphatic carbocycles. The number of carbonyl (C=O) groups excluding carboxylic acids is 1. The molecule has 6 N–H and O–H groups in total. The van der Waals surface area contributed by atoms with Gasteiger partial charge >= 0.3 is 0 Å². The van der Waals surface area contributed by atoms with Gasteiger partial charge < -0.3 is 40.3 Å². The van der Waals surface area contributed by atoms with Crippen LogP contribution in [0.1, 0.15) is 418 Å². The van der Waals surface area contributed by atoms with Crippen LogP contribution in [-0.4, -0.2) is 87.5 Å². The van der Waals surface area contributed by atoms with Crippen LogP contribution >= 0.6 is 0 Å². The van der Waals surface area contributed by atoms with Crippen molar-refractivity contribution < 1.29 is 39.8 Å². The number of carbonyl (C=O) groups is 1. The molecule has 0 aromatic heterocycles. The number of nitrogens with one attached hydrogen (secondary N) is 1. The summed E-state index contributed by atoms with van der Waals surface area (Å²) in [4.78, 5) is 13.2. The lowest BCUT2D eigenvalue weighted by Crippen LogP contribution is -2.60. The van der Waals surface area contributed by atoms with Gasteiger partial charge in [-0.2, -0.15) is 0 Å². The Bertz CT molecular complexity index is 1440. The maximum absolute atomic E-state index is 13.2. The Morgan fingerprint density at radius 2 is 0.648 bits per heavy atom. The minimum Gasteiger partial charge on any atom is -0.394 e. The molecular weight excluding hydrogens is 1090 g/mol. The summed E-state index contributed by atoms with van der Waals surface area (Å²) in [6.45, 7) is 3.84. The van der Waals surface area contributed by atoms with Gasteiger partial charge in [0.1, 0.15) is 24.4 Å². The van der Waals surface area contributed by atoms with E-state index in [0.717, 1.165) is 38.5 Å². The number of amides is 1. The van der Waals surface area contributed by atoms with Gasteiger partial charge in [-0.25, -0.2) is 0 Å². The van der Waals surface area contributed by atoms with E-state index >= 15 is 0 Å². The lowest BCUT2D eigenvalue weighted by atomic mass is 9.99. The Morgan fingerprint density at radius 3 is 0.955 bits per heavy atom. The molecule has 7 unspecified atom stereocenters. The summed E-state index contributed by atoms with van der Waals surface area (Å²) < 4.78 is 11.3. The fourth-order valence-electron chi connectivity index (χ4n) is 13.1. The van der Waals surface area contributed by atoms with E-state index in [4.69, 9.17) is 9.47 Å². The predicted octanol–water partition coefficient (Wildman–Crippen LogP) is 22.4. The summed E-state index contributed by atoms with van der Waals surface area (Å²) in [5.41, 5.74) is 0. The van der Waals surface area contributed by atoms with Crippen LogP contribution in [0.4, 0.5) is 0 Å². The highest BCUT2D eigenvalue weighted by molar-refractivity contribution is 5.76. The summed E-state index contributed by atoms with van der Waals surface area (Å²) in [5, 5.41) is 54.9. The zero-order valence-corrected chi connectivity index (χ0v) is 58.8. The molecule has 1 amide bonds. The first kappa shape index (κ1) is 84.7. The molecule has 1 saturated heterocycles. The minimum absolute atomic E-state index is 0.176. The molecule has 7 atom stereocenters. The standard InChI is InChI=1S/C79H153NO8/c1-3-5-7-9-11-13-15-17-19-21-23-25-27-29-31-33-35-36-37-39-41-43-45-47-49-51-53-55-57-59-61-63-65-67-69-75(83)80-72(71-87-79-78(86)77(85)76(84)74(70-81)88-79)73(82)68-66-64-62-60-58-56-54-52-50-48-46-44-42-40-38-34-32-30-28-26-24-22-20-18-16-14-12-10-8-6-4-2/h58,60,66,68,72-74,76-79,81-82,84-86H,3-57,59,61-65,67,69-71H2,1-2H3,(H,80,83)/b60-58+,68-66+. The van der Waals surface area contributed by atoms with Crippen molar-refractivity contribution in [2.45, 2.75) is 461 Å². The number of ether oxygens (including phenoxy) is 2. The second-order valence-electron chi connectivity index (χ2n) is 27.9. The van der Waals surface area contributed by atoms with Gasteiger partial charge in [0, 0.05) is 6.42 Å². The summed E-state index contributed by atoms with van der Waals surface area (Å²) in [5.74, 6) is -0.176. The average molecular weight is 1250 g/mol. The minimum atomic E-state index is -1.57. The van der Waals surface area contributed by atoms with Crippen LogP contribution < -0.4 is 5.32 Å². The zero-order chi connectivity index (χ0) is 63.5. The molecule has 0 spiro atoms. The van der Waals surface area contributed by atoms with Crippen molar-refractivity contribution >= 4 is 5.91 Å². The third-order valence-corrected chi connectivity index (χ3v) is 19.3. The zero-order valence-electron chi connectivity index (χ0n) is 58.8. The molecule has 9 nitrogen and oxygen atoms in total. The molecule has 0 aromatic rings. The Labute approximate surface area is 547 Å². The van der Waals surface area contributed by atoms with E-state index in [1.54, 1.807) is 6.08 Å². The van der Waals surface area contributed by atoms with Crippen LogP contribution in [0.3, 0.4) is 0 Å². The molecule has 88 heavy (non-hydrogen) atoms. The van der Waals surface area contributed by atoms with Gasteiger partial charge in [-0.15, -0.1) is 0 Å². The number of unbranched alkanes of at least 4 members (excludes halogenated alkanes) is 59. The van der Waals surface area contributed by atoms with E-state index in [9.17, 15) is 30.3 Å². The van der Waals surface area contributed by atoms with E-state index in [-0.39, 0.29) is 12.5 Å². The average Bonchev–Trinajstić information content (AvgIpc) is 3.31. The van der Waals surface area contributed by atoms with Crippen molar-refractivity contribution in [2.24, 2.45) is 0 Å². The van der Waals surface area contributed by atoms with E-state index in [2.05, 4.69) is 31.3 Å². The fraction of sp³-hybridized carbons (Fsp3) is 0.937. The normalized spacial score (nSPS) is 17.9. The smallest absolute Gasteiger partial charge is 0.220 e. The molecule has 522 valence electrons. The predicted molar refractivity (Wildman–Crippen MR) is 378 cm³/mol. The summed E-state index contributed by atoms with van der Waals surface area (Å²) in [7, 11) is 0. The third kappa shape index (κ3) is 56.2. The van der Waals surface area contributed by atoms with Crippen LogP contribution in [0.15, 0.2) is 24.3 Å². The molecule has 0 radical (unpaired) electrons. The molecular formula is C79H153NO8. The number of rotatable bonds is 71. The van der Waals surface area contributed by atoms with E-state index in [0.29, 0.717) is 6.42 Å². The molecule has 1 aliphatic rings. The number of aliphatic hydroxyl groups excluding tert-OH is 5. The van der Waals surface area contributed by atoms with Crippen molar-refractivity contribution in [1.29, 1.82) is 0 Å². The molecule has 9 heteroatoms. The van der Waals surface area contributed by atoms with Gasteiger partial charge in [-0.1, -0.05) is 404 Å². The van der Waals surface area contributed by atoms with Crippen molar-refractivity contribution in [3.05, 3.63) is 24.3 Å². The quantitative estimate of drug-likeness (QED) is 0.0261. The Morgan fingerprint density at radius 1 is 0.375 bits per heavy atom. The number of aliphatic hydroxyl groups is 5. The number of hydrogen-bond acceptors (Lipinski definition) is 8. The fourth-order valence-corrected chi connectivity index (χ4v) is 13.1. The SMILES string of the molecule is CCCCCCCCCCCCCCCCCCCCCCCCCCC/C=C/CC/C=C/C(O)C(COC1OC(CO)C(O)C(O)C1O)NC(=O)CCCCCCCCCCCCCCCCCCCCCCCCCCCCCCCCCCCC. The van der Waals surface area contributed by atoms with Gasteiger partial charge in [0.05, 0.1) is 25.4 Å². The monoisotopic (exact) mass is 1240 g/mol. The van der Waals surface area contributed by atoms with Crippen LogP contribution in [0, 0.1) is 0 Å². The lowest BCUT2D eigenvalue weighted by Gasteiger charge is -2.40. The van der Waals surface area contributed by atoms with Crippen LogP contribution in [0.2, 0.25) is 0 Å². The van der Waals surface area contributed by atoms with Crippen molar-refractivity contribution in [3.63, 3.8) is 0 Å². The van der Waals surface area contributed by atoms with Crippen molar-refractivity contribution in [2.75, 3.05) is 13.2 Å². The largest absolute Gasteiger partial charge is 0.394 e. The van der Waals surface area contributed by atoms with Gasteiger partial charge in [-0.3, -0.25) is 4.79 Å². The number of hydrogen-bond donors (Lipinski definition) is 6. The second kappa shape index (κ2) is 68.5. The van der Waals surface area contributed by atoms with Gasteiger partial charge in [0.15, 0.2) is 6.29 Å². The molecule has 1 rings (SSSR count). The molecule has 1 fully saturated rings. The molecule has 1 heterocycles. The van der Waals surface area contributed by atoms with E-state index in [1.165, 1.54) is 360 Å². The lowest BCUT2D eigenvalue weighted by molar-refractivity contribution is -0.302. The van der Waals surface area contributed by atoms with Crippen LogP contribution in [0.5, 0.6) is 0 Å². The first-order chi connectivity index (χ1) is 43.3. The second-order valence-corrected chi connectivity index (χ2v) is 27.9. The van der Waals surface area contributed by atoms with Crippen LogP contribution in [0.25, 0.3) is 0 Å². The maximum atomic E-state index is 13.2. The van der Waals surface area contributed by atoms with E-state index < -0.39 is 49.5 Å². The summed E-state index contributed by atoms with van der Waals surface area (Å²) in [6.07, 6.45) is 84.8. The summed E-state index contributed by atoms with van der Waals surface area (Å²) >= 11 is 0. The first-order valence-electron chi connectivity index (χ1n) is 39.6. The maximum Gasteiger partial charge on any atom is 0.220 e. The highest BCUT2D eigenvalue weighted by Gasteiger charge is 2.44. The summed E-state index contributed by atoms with van der Waals surface area (Å²) in [6, 6.07) is -0.821. The van der Waals surface area contributed by atoms with Gasteiger partial charge in [0.25, 0.3) is 0 Å². The Kier molecular flexibility index (Phi) is 65.9. The van der Waals surface area contributed by atoms with Crippen LogP contribution in [-0.2, 0) is 14.3 Å². The topological polar surface area (TPSA) is 149 Å². The highest BCUT2D eigenvalue weighted by atomic mass is 16.7. The Hall–Kier alpha value is -1.33. The van der Waals surface area contributed by atoms with Gasteiger partial charge in [-0.05, 0) is 32.1 Å². The first-order valence-corrected chi connectivity index (χ1v) is 39.6. The van der Waals surface area contributed by atoms with Gasteiger partial charge in [0.2, 0.25) is 5.91 Å². The van der Waals surface area contributed by atoms with E-state index in [1.807, 2.05) is 6.08 Å². The third-order valence-electron chi connectivity index (χ3n) is 19.3. The Balaban J connectivity index is 2.08. The molecule has 0 aromatic carbocycles. The highest BCUT2D eigenvalue weighted by Crippen LogP contribution is 2.24. The molecule has 0 saturated carbocycles. The van der Waals surface area contributed by atoms with Crippen molar-refractivity contribution in [3.8, 4) is 0 Å².